The van der Waals surface area contributed by atoms with Gasteiger partial charge in [-0.05, 0) is 61.6 Å². The van der Waals surface area contributed by atoms with Crippen molar-refractivity contribution in [2.45, 2.75) is 38.6 Å². The normalized spacial score (nSPS) is 22.0. The number of benzene rings is 2. The lowest BCUT2D eigenvalue weighted by molar-refractivity contribution is 0.544. The highest BCUT2D eigenvalue weighted by Crippen LogP contribution is 2.37. The van der Waals surface area contributed by atoms with Gasteiger partial charge in [-0.25, -0.2) is 4.39 Å². The molecule has 1 aliphatic carbocycles. The molecule has 0 bridgehead atoms. The Balaban J connectivity index is 1.56. The monoisotopic (exact) mass is 401 g/mol. The van der Waals surface area contributed by atoms with Crippen LogP contribution in [-0.4, -0.2) is 25.7 Å². The van der Waals surface area contributed by atoms with Crippen LogP contribution < -0.4 is 10.2 Å². The number of halogens is 1. The maximum Gasteiger partial charge on any atom is 0.147 e. The van der Waals surface area contributed by atoms with E-state index in [-0.39, 0.29) is 11.9 Å². The molecule has 0 amide bonds. The van der Waals surface area contributed by atoms with Gasteiger partial charge in [0, 0.05) is 31.6 Å². The molecular formula is C26H28FN3. The van der Waals surface area contributed by atoms with E-state index in [0.717, 1.165) is 32.5 Å². The van der Waals surface area contributed by atoms with E-state index in [1.54, 1.807) is 12.1 Å². The number of nitrogens with one attached hydrogen (secondary N) is 1. The van der Waals surface area contributed by atoms with Crippen molar-refractivity contribution in [3.63, 3.8) is 0 Å². The van der Waals surface area contributed by atoms with Gasteiger partial charge in [0.2, 0.25) is 0 Å². The van der Waals surface area contributed by atoms with Gasteiger partial charge in [0.1, 0.15) is 5.82 Å². The number of hydrogen-bond acceptors (Lipinski definition) is 3. The van der Waals surface area contributed by atoms with E-state index in [1.165, 1.54) is 28.3 Å². The third kappa shape index (κ3) is 4.17. The summed E-state index contributed by atoms with van der Waals surface area (Å²) in [6, 6.07) is 15.7. The Bertz CT molecular complexity index is 1030. The first-order chi connectivity index (χ1) is 14.6. The molecule has 154 valence electrons. The van der Waals surface area contributed by atoms with Gasteiger partial charge >= 0.3 is 0 Å². The van der Waals surface area contributed by atoms with Crippen molar-refractivity contribution in [1.82, 2.24) is 5.32 Å². The maximum atomic E-state index is 14.6. The fraction of sp³-hybridized carbons (Fsp3) is 0.346. The second-order valence-electron chi connectivity index (χ2n) is 8.30. The van der Waals surface area contributed by atoms with Crippen LogP contribution in [0.2, 0.25) is 0 Å². The predicted octanol–water partition coefficient (Wildman–Crippen LogP) is 5.23. The third-order valence-corrected chi connectivity index (χ3v) is 6.32. The molecule has 1 aliphatic heterocycles. The van der Waals surface area contributed by atoms with Crippen LogP contribution in [0, 0.1) is 24.1 Å². The maximum absolute atomic E-state index is 14.6. The lowest BCUT2D eigenvalue weighted by Gasteiger charge is -2.31. The Hall–Kier alpha value is -2.90. The van der Waals surface area contributed by atoms with Crippen LogP contribution in [-0.2, 0) is 0 Å². The number of rotatable bonds is 3. The lowest BCUT2D eigenvalue weighted by atomic mass is 9.78. The molecule has 2 atom stereocenters. The van der Waals surface area contributed by atoms with Gasteiger partial charge in [0.25, 0.3) is 0 Å². The van der Waals surface area contributed by atoms with E-state index in [1.807, 2.05) is 6.07 Å². The minimum absolute atomic E-state index is 0.268. The zero-order valence-corrected chi connectivity index (χ0v) is 17.7. The van der Waals surface area contributed by atoms with Crippen LogP contribution in [0.25, 0.3) is 0 Å². The number of nitrogens with zero attached hydrogens (tertiary/aromatic N) is 2. The van der Waals surface area contributed by atoms with Crippen LogP contribution in [0.5, 0.6) is 0 Å². The summed E-state index contributed by atoms with van der Waals surface area (Å²) >= 11 is 0. The minimum Gasteiger partial charge on any atom is -0.368 e. The summed E-state index contributed by atoms with van der Waals surface area (Å²) in [6.45, 7) is 6.68. The highest BCUT2D eigenvalue weighted by atomic mass is 19.1. The van der Waals surface area contributed by atoms with Crippen molar-refractivity contribution in [3.8, 4) is 6.07 Å². The zero-order chi connectivity index (χ0) is 21.1. The largest absolute Gasteiger partial charge is 0.368 e. The highest BCUT2D eigenvalue weighted by Gasteiger charge is 2.28. The molecule has 4 heteroatoms. The van der Waals surface area contributed by atoms with Crippen molar-refractivity contribution < 1.29 is 4.39 Å². The van der Waals surface area contributed by atoms with Gasteiger partial charge in [-0.2, -0.15) is 5.26 Å². The summed E-state index contributed by atoms with van der Waals surface area (Å²) in [6.07, 6.45) is 6.61. The van der Waals surface area contributed by atoms with Crippen molar-refractivity contribution >= 4 is 5.69 Å². The van der Waals surface area contributed by atoms with Crippen molar-refractivity contribution in [2.24, 2.45) is 0 Å². The summed E-state index contributed by atoms with van der Waals surface area (Å²) in [5, 5.41) is 12.7. The molecular weight excluding hydrogens is 373 g/mol. The van der Waals surface area contributed by atoms with E-state index in [9.17, 15) is 4.39 Å². The lowest BCUT2D eigenvalue weighted by Crippen LogP contribution is -2.34. The first-order valence-electron chi connectivity index (χ1n) is 10.7. The average Bonchev–Trinajstić information content (AvgIpc) is 3.00. The molecule has 1 fully saturated rings. The fourth-order valence-corrected chi connectivity index (χ4v) is 4.72. The topological polar surface area (TPSA) is 39.1 Å². The van der Waals surface area contributed by atoms with E-state index in [4.69, 9.17) is 5.26 Å². The Morgan fingerprint density at radius 1 is 1.13 bits per heavy atom. The van der Waals surface area contributed by atoms with Crippen molar-refractivity contribution in [3.05, 3.63) is 88.3 Å². The molecule has 4 rings (SSSR count). The van der Waals surface area contributed by atoms with Crippen LogP contribution >= 0.6 is 0 Å². The SMILES string of the molecule is CC1=CCC(c2ccccc2C)C(C2CCN(c3ccc(C#N)cc3F)CCN2)=C1. The Labute approximate surface area is 178 Å². The summed E-state index contributed by atoms with van der Waals surface area (Å²) in [7, 11) is 0. The first-order valence-corrected chi connectivity index (χ1v) is 10.7. The van der Waals surface area contributed by atoms with Crippen LogP contribution in [0.4, 0.5) is 10.1 Å². The second kappa shape index (κ2) is 8.85. The number of nitriles is 1. The third-order valence-electron chi connectivity index (χ3n) is 6.32. The molecule has 1 saturated heterocycles. The minimum atomic E-state index is -0.319. The van der Waals surface area contributed by atoms with E-state index in [0.29, 0.717) is 17.2 Å². The smallest absolute Gasteiger partial charge is 0.147 e. The quantitative estimate of drug-likeness (QED) is 0.765. The van der Waals surface area contributed by atoms with Gasteiger partial charge < -0.3 is 10.2 Å². The van der Waals surface area contributed by atoms with E-state index in [2.05, 4.69) is 60.5 Å². The van der Waals surface area contributed by atoms with E-state index >= 15 is 0 Å². The Morgan fingerprint density at radius 2 is 1.97 bits per heavy atom. The summed E-state index contributed by atoms with van der Waals surface area (Å²) in [5.41, 5.74) is 6.42. The van der Waals surface area contributed by atoms with Crippen LogP contribution in [0.3, 0.4) is 0 Å². The van der Waals surface area contributed by atoms with Gasteiger partial charge in [0.05, 0.1) is 17.3 Å². The van der Waals surface area contributed by atoms with Crippen molar-refractivity contribution in [1.29, 1.82) is 5.26 Å². The van der Waals surface area contributed by atoms with Crippen LogP contribution in [0.15, 0.2) is 65.8 Å². The van der Waals surface area contributed by atoms with E-state index < -0.39 is 0 Å². The highest BCUT2D eigenvalue weighted by molar-refractivity contribution is 5.52. The summed E-state index contributed by atoms with van der Waals surface area (Å²) in [5.74, 6) is 0.0616. The van der Waals surface area contributed by atoms with Crippen LogP contribution in [0.1, 0.15) is 42.4 Å². The van der Waals surface area contributed by atoms with Gasteiger partial charge in [-0.3, -0.25) is 0 Å². The fourth-order valence-electron chi connectivity index (χ4n) is 4.72. The number of aryl methyl sites for hydroxylation is 1. The molecule has 30 heavy (non-hydrogen) atoms. The molecule has 1 heterocycles. The molecule has 2 aliphatic rings. The molecule has 0 spiro atoms. The summed E-state index contributed by atoms with van der Waals surface area (Å²) < 4.78 is 14.6. The molecule has 2 aromatic carbocycles. The van der Waals surface area contributed by atoms with Gasteiger partial charge in [-0.15, -0.1) is 0 Å². The Morgan fingerprint density at radius 3 is 2.73 bits per heavy atom. The molecule has 2 unspecified atom stereocenters. The molecule has 1 N–H and O–H groups in total. The zero-order valence-electron chi connectivity index (χ0n) is 17.7. The Kier molecular flexibility index (Phi) is 6.01. The van der Waals surface area contributed by atoms with Gasteiger partial charge in [0.15, 0.2) is 0 Å². The molecule has 3 nitrogen and oxygen atoms in total. The molecule has 0 saturated carbocycles. The standard InChI is InChI=1S/C26H28FN3/c1-18-7-9-22(21-6-4-3-5-19(21)2)23(15-18)25-11-13-30(14-12-29-25)26-10-8-20(17-28)16-24(26)27/h3-8,10,15-16,22,25,29H,9,11-14H2,1-2H3. The predicted molar refractivity (Wildman–Crippen MR) is 120 cm³/mol. The number of allylic oxidation sites excluding steroid dienone is 3. The summed E-state index contributed by atoms with van der Waals surface area (Å²) in [4.78, 5) is 2.10. The van der Waals surface area contributed by atoms with Crippen molar-refractivity contribution in [2.75, 3.05) is 24.5 Å². The first kappa shape index (κ1) is 20.4. The average molecular weight is 402 g/mol. The van der Waals surface area contributed by atoms with Gasteiger partial charge in [-0.1, -0.05) is 42.0 Å². The molecule has 0 aromatic heterocycles. The molecule has 2 aromatic rings. The second-order valence-corrected chi connectivity index (χ2v) is 8.30. The number of anilines is 1. The molecule has 0 radical (unpaired) electrons. The number of hydrogen-bond donors (Lipinski definition) is 1.